The summed E-state index contributed by atoms with van der Waals surface area (Å²) in [5.41, 5.74) is 0.343. The van der Waals surface area contributed by atoms with Gasteiger partial charge in [-0.05, 0) is 29.8 Å². The summed E-state index contributed by atoms with van der Waals surface area (Å²) in [6.45, 7) is 4.10. The van der Waals surface area contributed by atoms with Gasteiger partial charge >= 0.3 is 6.18 Å². The lowest BCUT2D eigenvalue weighted by atomic mass is 10.1. The molecule has 26 heavy (non-hydrogen) atoms. The number of ether oxygens (including phenoxy) is 2. The Balaban J connectivity index is 1.69. The molecule has 2 aromatic rings. The maximum atomic E-state index is 12.7. The highest BCUT2D eigenvalue weighted by Crippen LogP contribution is 2.32. The first-order valence-electron chi connectivity index (χ1n) is 8.71. The Bertz CT molecular complexity index is 668. The van der Waals surface area contributed by atoms with Crippen molar-refractivity contribution in [3.63, 3.8) is 0 Å². The van der Waals surface area contributed by atoms with Crippen molar-refractivity contribution in [3.8, 4) is 5.75 Å². The number of hydrogen-bond donors (Lipinski definition) is 0. The van der Waals surface area contributed by atoms with Crippen molar-refractivity contribution < 1.29 is 22.6 Å². The molecule has 0 saturated carbocycles. The van der Waals surface area contributed by atoms with Gasteiger partial charge in [0.25, 0.3) is 0 Å². The van der Waals surface area contributed by atoms with Crippen molar-refractivity contribution in [2.45, 2.75) is 18.7 Å². The van der Waals surface area contributed by atoms with Crippen LogP contribution in [0.25, 0.3) is 0 Å². The van der Waals surface area contributed by atoms with Gasteiger partial charge in [0.05, 0.1) is 18.8 Å². The maximum Gasteiger partial charge on any atom is 0.416 e. The second-order valence-corrected chi connectivity index (χ2v) is 6.28. The number of alkyl halides is 3. The highest BCUT2D eigenvalue weighted by atomic mass is 19.4. The van der Waals surface area contributed by atoms with E-state index in [1.807, 2.05) is 30.3 Å². The largest absolute Gasteiger partial charge is 0.486 e. The van der Waals surface area contributed by atoms with E-state index in [-0.39, 0.29) is 6.10 Å². The van der Waals surface area contributed by atoms with E-state index < -0.39 is 11.7 Å². The molecular formula is C20H22F3NO2. The minimum atomic E-state index is -4.34. The second kappa shape index (κ2) is 8.56. The fourth-order valence-electron chi connectivity index (χ4n) is 2.97. The third kappa shape index (κ3) is 5.22. The van der Waals surface area contributed by atoms with Crippen molar-refractivity contribution in [1.82, 2.24) is 4.90 Å². The topological polar surface area (TPSA) is 21.7 Å². The molecule has 2 aromatic carbocycles. The lowest BCUT2D eigenvalue weighted by Gasteiger charge is -2.28. The molecular weight excluding hydrogens is 343 g/mol. The van der Waals surface area contributed by atoms with Gasteiger partial charge in [-0.25, -0.2) is 0 Å². The minimum absolute atomic E-state index is 0.212. The van der Waals surface area contributed by atoms with E-state index in [0.717, 1.165) is 57.0 Å². The lowest BCUT2D eigenvalue weighted by Crippen LogP contribution is -2.37. The molecule has 0 amide bonds. The molecule has 1 saturated heterocycles. The summed E-state index contributed by atoms with van der Waals surface area (Å²) >= 11 is 0. The van der Waals surface area contributed by atoms with Crippen LogP contribution in [0.15, 0.2) is 54.6 Å². The quantitative estimate of drug-likeness (QED) is 0.750. The Morgan fingerprint density at radius 3 is 2.23 bits per heavy atom. The highest BCUT2D eigenvalue weighted by molar-refractivity contribution is 5.30. The molecule has 140 valence electrons. The molecule has 6 heteroatoms. The van der Waals surface area contributed by atoms with Crippen molar-refractivity contribution in [2.24, 2.45) is 0 Å². The zero-order valence-corrected chi connectivity index (χ0v) is 14.4. The zero-order chi connectivity index (χ0) is 18.4. The molecule has 0 radical (unpaired) electrons. The van der Waals surface area contributed by atoms with Crippen LogP contribution in [0, 0.1) is 0 Å². The minimum Gasteiger partial charge on any atom is -0.486 e. The smallest absolute Gasteiger partial charge is 0.416 e. The van der Waals surface area contributed by atoms with E-state index in [9.17, 15) is 13.2 Å². The van der Waals surface area contributed by atoms with Gasteiger partial charge in [0, 0.05) is 26.1 Å². The predicted molar refractivity (Wildman–Crippen MR) is 93.1 cm³/mol. The Morgan fingerprint density at radius 1 is 0.962 bits per heavy atom. The van der Waals surface area contributed by atoms with E-state index in [2.05, 4.69) is 4.90 Å². The summed E-state index contributed by atoms with van der Waals surface area (Å²) in [5, 5.41) is 0. The van der Waals surface area contributed by atoms with E-state index in [1.54, 1.807) is 0 Å². The van der Waals surface area contributed by atoms with Crippen LogP contribution in [0.1, 0.15) is 23.7 Å². The van der Waals surface area contributed by atoms with Crippen molar-refractivity contribution in [1.29, 1.82) is 0 Å². The average molecular weight is 365 g/mol. The number of morpholine rings is 1. The van der Waals surface area contributed by atoms with Gasteiger partial charge in [-0.2, -0.15) is 13.2 Å². The van der Waals surface area contributed by atoms with E-state index in [4.69, 9.17) is 9.47 Å². The van der Waals surface area contributed by atoms with E-state index in [0.29, 0.717) is 5.75 Å². The Labute approximate surface area is 151 Å². The summed E-state index contributed by atoms with van der Waals surface area (Å²) in [6.07, 6.45) is -3.80. The molecule has 1 atom stereocenters. The van der Waals surface area contributed by atoms with Crippen LogP contribution in [0.2, 0.25) is 0 Å². The van der Waals surface area contributed by atoms with Crippen LogP contribution in [0.3, 0.4) is 0 Å². The third-order valence-electron chi connectivity index (χ3n) is 4.44. The first kappa shape index (κ1) is 18.7. The summed E-state index contributed by atoms with van der Waals surface area (Å²) in [4.78, 5) is 2.32. The fraction of sp³-hybridized carbons (Fsp3) is 0.400. The van der Waals surface area contributed by atoms with Crippen LogP contribution in [-0.4, -0.2) is 37.7 Å². The molecule has 1 fully saturated rings. The van der Waals surface area contributed by atoms with E-state index >= 15 is 0 Å². The Hall–Kier alpha value is -2.05. The molecule has 1 aliphatic rings. The predicted octanol–water partition coefficient (Wildman–Crippen LogP) is 4.55. The molecule has 0 N–H and O–H groups in total. The third-order valence-corrected chi connectivity index (χ3v) is 4.44. The highest BCUT2D eigenvalue weighted by Gasteiger charge is 2.30. The SMILES string of the molecule is FC(F)(F)c1ccc(O[C@@H](CCN2CCOCC2)c2ccccc2)cc1. The van der Waals surface area contributed by atoms with E-state index in [1.165, 1.54) is 12.1 Å². The van der Waals surface area contributed by atoms with Gasteiger partial charge < -0.3 is 9.47 Å². The Kier molecular flexibility index (Phi) is 6.16. The number of rotatable bonds is 6. The summed E-state index contributed by atoms with van der Waals surface area (Å²) in [6, 6.07) is 14.6. The monoisotopic (exact) mass is 365 g/mol. The van der Waals surface area contributed by atoms with Crippen LogP contribution < -0.4 is 4.74 Å². The number of halogens is 3. The zero-order valence-electron chi connectivity index (χ0n) is 14.4. The van der Waals surface area contributed by atoms with Crippen LogP contribution in [-0.2, 0) is 10.9 Å². The molecule has 0 spiro atoms. The molecule has 3 rings (SSSR count). The number of hydrogen-bond acceptors (Lipinski definition) is 3. The summed E-state index contributed by atoms with van der Waals surface area (Å²) in [5.74, 6) is 0.439. The average Bonchev–Trinajstić information content (AvgIpc) is 2.66. The molecule has 1 heterocycles. The van der Waals surface area contributed by atoms with Crippen molar-refractivity contribution in [3.05, 3.63) is 65.7 Å². The van der Waals surface area contributed by atoms with Gasteiger partial charge in [0.15, 0.2) is 0 Å². The Morgan fingerprint density at radius 2 is 1.62 bits per heavy atom. The molecule has 0 aromatic heterocycles. The fourth-order valence-corrected chi connectivity index (χ4v) is 2.97. The molecule has 0 bridgehead atoms. The van der Waals surface area contributed by atoms with Gasteiger partial charge in [0.1, 0.15) is 11.9 Å². The first-order chi connectivity index (χ1) is 12.5. The van der Waals surface area contributed by atoms with Crippen LogP contribution in [0.5, 0.6) is 5.75 Å². The van der Waals surface area contributed by atoms with Gasteiger partial charge in [-0.1, -0.05) is 30.3 Å². The van der Waals surface area contributed by atoms with Crippen LogP contribution >= 0.6 is 0 Å². The molecule has 1 aliphatic heterocycles. The summed E-state index contributed by atoms with van der Waals surface area (Å²) in [7, 11) is 0. The lowest BCUT2D eigenvalue weighted by molar-refractivity contribution is -0.137. The normalized spacial score (nSPS) is 17.0. The van der Waals surface area contributed by atoms with Crippen LogP contribution in [0.4, 0.5) is 13.2 Å². The number of nitrogens with zero attached hydrogens (tertiary/aromatic N) is 1. The summed E-state index contributed by atoms with van der Waals surface area (Å²) < 4.78 is 49.5. The molecule has 3 nitrogen and oxygen atoms in total. The van der Waals surface area contributed by atoms with Crippen molar-refractivity contribution in [2.75, 3.05) is 32.8 Å². The first-order valence-corrected chi connectivity index (χ1v) is 8.71. The van der Waals surface area contributed by atoms with Gasteiger partial charge in [0.2, 0.25) is 0 Å². The standard InChI is InChI=1S/C20H22F3NO2/c21-20(22,23)17-6-8-18(9-7-17)26-19(16-4-2-1-3-5-16)10-11-24-12-14-25-15-13-24/h1-9,19H,10-15H2/t19-/m0/s1. The van der Waals surface area contributed by atoms with Gasteiger partial charge in [-0.15, -0.1) is 0 Å². The molecule has 0 unspecified atom stereocenters. The molecule has 0 aliphatic carbocycles. The number of benzene rings is 2. The maximum absolute atomic E-state index is 12.7. The van der Waals surface area contributed by atoms with Gasteiger partial charge in [-0.3, -0.25) is 4.90 Å². The second-order valence-electron chi connectivity index (χ2n) is 6.28. The van der Waals surface area contributed by atoms with Crippen molar-refractivity contribution >= 4 is 0 Å².